The van der Waals surface area contributed by atoms with Crippen molar-refractivity contribution in [2.45, 2.75) is 410 Å². The Morgan fingerprint density at radius 2 is 0.713 bits per heavy atom. The molecule has 1 heterocycles. The topological polar surface area (TPSA) is 149 Å². The number of ether oxygens (including phenoxy) is 2. The SMILES string of the molecule is CCCCCCCCCCCCCCCCCCCC/C=C/CC/C=C/C(O)C(COC1OC(CO)C(O)C(O)C1O)NC(=O)CCCCCCCCCCCCCCCCCCCCCCCCCCCCCCCCCCC. The average Bonchev–Trinajstić information content (AvgIpc) is 3.46. The van der Waals surface area contributed by atoms with Crippen molar-refractivity contribution >= 4 is 5.91 Å². The van der Waals surface area contributed by atoms with Gasteiger partial charge in [-0.05, 0) is 32.1 Å². The molecule has 1 fully saturated rings. The summed E-state index contributed by atoms with van der Waals surface area (Å²) >= 11 is 0. The number of rotatable bonds is 63. The zero-order chi connectivity index (χ0) is 57.9. The quantitative estimate of drug-likeness (QED) is 0.0261. The standard InChI is InChI=1S/C71H137NO8/c1-3-5-7-9-11-13-15-17-19-21-23-25-27-29-30-31-32-33-34-35-36-37-39-41-43-45-47-49-51-53-55-57-59-61-67(75)72-64(63-79-71-70(78)69(77)68(76)66(62-73)80-71)65(74)60-58-56-54-52-50-48-46-44-42-40-38-28-26-24-22-20-18-16-14-12-10-8-6-4-2/h50,52,58,60,64-66,68-71,73-74,76-78H,3-49,51,53-57,59,61-63H2,1-2H3,(H,72,75)/b52-50+,60-58+. The van der Waals surface area contributed by atoms with Crippen molar-refractivity contribution in [3.8, 4) is 0 Å². The summed E-state index contributed by atoms with van der Waals surface area (Å²) in [7, 11) is 0. The lowest BCUT2D eigenvalue weighted by Crippen LogP contribution is -2.60. The summed E-state index contributed by atoms with van der Waals surface area (Å²) in [6.45, 7) is 3.83. The Morgan fingerprint density at radius 3 is 1.05 bits per heavy atom. The molecule has 1 aliphatic rings. The molecule has 0 saturated carbocycles. The van der Waals surface area contributed by atoms with Crippen molar-refractivity contribution in [2.75, 3.05) is 13.2 Å². The Kier molecular flexibility index (Phi) is 58.3. The Labute approximate surface area is 496 Å². The smallest absolute Gasteiger partial charge is 0.220 e. The predicted octanol–water partition coefficient (Wildman–Crippen LogP) is 19.3. The molecule has 0 bridgehead atoms. The first-order valence-electron chi connectivity index (χ1n) is 35.6. The van der Waals surface area contributed by atoms with Crippen LogP contribution in [0.3, 0.4) is 0 Å². The van der Waals surface area contributed by atoms with Gasteiger partial charge in [-0.2, -0.15) is 0 Å². The van der Waals surface area contributed by atoms with Crippen molar-refractivity contribution in [1.29, 1.82) is 0 Å². The summed E-state index contributed by atoms with van der Waals surface area (Å²) in [5, 5.41) is 54.7. The van der Waals surface area contributed by atoms with Crippen molar-refractivity contribution in [3.05, 3.63) is 24.3 Å². The lowest BCUT2D eigenvalue weighted by Gasteiger charge is -2.40. The van der Waals surface area contributed by atoms with E-state index >= 15 is 0 Å². The second-order valence-electron chi connectivity index (χ2n) is 25.0. The van der Waals surface area contributed by atoms with Gasteiger partial charge in [0.2, 0.25) is 5.91 Å². The first kappa shape index (κ1) is 76.7. The molecule has 9 heteroatoms. The zero-order valence-corrected chi connectivity index (χ0v) is 53.1. The summed E-state index contributed by atoms with van der Waals surface area (Å²) in [5.41, 5.74) is 0. The maximum Gasteiger partial charge on any atom is 0.220 e. The highest BCUT2D eigenvalue weighted by atomic mass is 16.7. The minimum Gasteiger partial charge on any atom is -0.394 e. The largest absolute Gasteiger partial charge is 0.394 e. The molecule has 0 aromatic rings. The van der Waals surface area contributed by atoms with Crippen LogP contribution in [0.1, 0.15) is 367 Å². The van der Waals surface area contributed by atoms with Gasteiger partial charge in [0.15, 0.2) is 6.29 Å². The maximum absolute atomic E-state index is 13.1. The third kappa shape index (κ3) is 49.0. The summed E-state index contributed by atoms with van der Waals surface area (Å²) in [4.78, 5) is 13.1. The van der Waals surface area contributed by atoms with E-state index in [2.05, 4.69) is 31.3 Å². The summed E-state index contributed by atoms with van der Waals surface area (Å²) in [6, 6.07) is -0.820. The average molecular weight is 1130 g/mol. The van der Waals surface area contributed by atoms with Gasteiger partial charge in [0, 0.05) is 6.42 Å². The first-order valence-corrected chi connectivity index (χ1v) is 35.6. The number of nitrogens with one attached hydrogen (secondary N) is 1. The number of allylic oxidation sites excluding steroid dienone is 3. The van der Waals surface area contributed by atoms with E-state index < -0.39 is 49.5 Å². The number of aliphatic hydroxyl groups is 5. The van der Waals surface area contributed by atoms with E-state index in [1.807, 2.05) is 6.08 Å². The van der Waals surface area contributed by atoms with Gasteiger partial charge >= 0.3 is 0 Å². The normalized spacial score (nSPS) is 18.5. The second kappa shape index (κ2) is 60.8. The molecule has 1 aliphatic heterocycles. The molecule has 474 valence electrons. The Hall–Kier alpha value is -1.33. The van der Waals surface area contributed by atoms with Gasteiger partial charge in [0.1, 0.15) is 24.4 Å². The highest BCUT2D eigenvalue weighted by Crippen LogP contribution is 2.24. The van der Waals surface area contributed by atoms with Gasteiger partial charge in [-0.15, -0.1) is 0 Å². The number of hydrogen-bond acceptors (Lipinski definition) is 8. The van der Waals surface area contributed by atoms with Crippen molar-refractivity contribution < 1.29 is 39.8 Å². The predicted molar refractivity (Wildman–Crippen MR) is 341 cm³/mol. The van der Waals surface area contributed by atoms with Crippen LogP contribution < -0.4 is 5.32 Å². The van der Waals surface area contributed by atoms with E-state index in [0.717, 1.165) is 38.5 Å². The molecule has 0 spiro atoms. The molecule has 0 radical (unpaired) electrons. The number of unbranched alkanes of at least 4 members (excludes halogenated alkanes) is 51. The molecule has 0 aliphatic carbocycles. The van der Waals surface area contributed by atoms with Gasteiger partial charge in [-0.3, -0.25) is 4.79 Å². The molecule has 1 amide bonds. The van der Waals surface area contributed by atoms with E-state index in [9.17, 15) is 30.3 Å². The van der Waals surface area contributed by atoms with E-state index in [-0.39, 0.29) is 12.5 Å². The van der Waals surface area contributed by atoms with Gasteiger partial charge in [0.25, 0.3) is 0 Å². The Balaban J connectivity index is 2.11. The molecule has 0 aromatic heterocycles. The van der Waals surface area contributed by atoms with Crippen LogP contribution in [0.15, 0.2) is 24.3 Å². The molecule has 7 atom stereocenters. The van der Waals surface area contributed by atoms with E-state index in [1.165, 1.54) is 308 Å². The fourth-order valence-electron chi connectivity index (χ4n) is 11.7. The molecular formula is C71H137NO8. The minimum atomic E-state index is -1.57. The third-order valence-corrected chi connectivity index (χ3v) is 17.3. The zero-order valence-electron chi connectivity index (χ0n) is 53.1. The lowest BCUT2D eigenvalue weighted by atomic mass is 9.99. The third-order valence-electron chi connectivity index (χ3n) is 17.3. The highest BCUT2D eigenvalue weighted by Gasteiger charge is 2.44. The summed E-state index contributed by atoms with van der Waals surface area (Å²) in [6.07, 6.45) is 73.0. The monoisotopic (exact) mass is 1130 g/mol. The number of carbonyl (C=O) groups is 1. The van der Waals surface area contributed by atoms with E-state index in [1.54, 1.807) is 6.08 Å². The lowest BCUT2D eigenvalue weighted by molar-refractivity contribution is -0.302. The Morgan fingerprint density at radius 1 is 0.412 bits per heavy atom. The van der Waals surface area contributed by atoms with Crippen LogP contribution in [0.5, 0.6) is 0 Å². The molecule has 7 unspecified atom stereocenters. The van der Waals surface area contributed by atoms with Gasteiger partial charge in [0.05, 0.1) is 25.4 Å². The number of amides is 1. The van der Waals surface area contributed by atoms with Gasteiger partial charge < -0.3 is 40.3 Å². The number of hydrogen-bond donors (Lipinski definition) is 6. The molecule has 1 saturated heterocycles. The van der Waals surface area contributed by atoms with Crippen molar-refractivity contribution in [3.63, 3.8) is 0 Å². The Bertz CT molecular complexity index is 1310. The van der Waals surface area contributed by atoms with Crippen LogP contribution in [0.25, 0.3) is 0 Å². The van der Waals surface area contributed by atoms with Gasteiger partial charge in [-0.25, -0.2) is 0 Å². The van der Waals surface area contributed by atoms with Gasteiger partial charge in [-0.1, -0.05) is 353 Å². The molecular weight excluding hydrogens is 995 g/mol. The van der Waals surface area contributed by atoms with Crippen LogP contribution in [-0.4, -0.2) is 87.5 Å². The van der Waals surface area contributed by atoms with E-state index in [4.69, 9.17) is 9.47 Å². The summed E-state index contributed by atoms with van der Waals surface area (Å²) < 4.78 is 11.3. The number of aliphatic hydroxyl groups excluding tert-OH is 5. The van der Waals surface area contributed by atoms with Crippen molar-refractivity contribution in [2.24, 2.45) is 0 Å². The fraction of sp³-hybridized carbons (Fsp3) is 0.930. The van der Waals surface area contributed by atoms with Crippen LogP contribution in [-0.2, 0) is 14.3 Å². The van der Waals surface area contributed by atoms with E-state index in [0.29, 0.717) is 6.42 Å². The molecule has 6 N–H and O–H groups in total. The highest BCUT2D eigenvalue weighted by molar-refractivity contribution is 5.76. The molecule has 0 aromatic carbocycles. The molecule has 9 nitrogen and oxygen atoms in total. The molecule has 1 rings (SSSR count). The summed E-state index contributed by atoms with van der Waals surface area (Å²) in [5.74, 6) is -0.178. The van der Waals surface area contributed by atoms with Crippen LogP contribution >= 0.6 is 0 Å². The first-order chi connectivity index (χ1) is 39.3. The van der Waals surface area contributed by atoms with Crippen LogP contribution in [0.2, 0.25) is 0 Å². The van der Waals surface area contributed by atoms with Crippen molar-refractivity contribution in [1.82, 2.24) is 5.32 Å². The minimum absolute atomic E-state index is 0.178. The van der Waals surface area contributed by atoms with Crippen LogP contribution in [0, 0.1) is 0 Å². The molecule has 80 heavy (non-hydrogen) atoms. The second-order valence-corrected chi connectivity index (χ2v) is 25.0. The fourth-order valence-corrected chi connectivity index (χ4v) is 11.7. The maximum atomic E-state index is 13.1. The number of carbonyl (C=O) groups excluding carboxylic acids is 1. The van der Waals surface area contributed by atoms with Crippen LogP contribution in [0.4, 0.5) is 0 Å².